The van der Waals surface area contributed by atoms with Gasteiger partial charge in [0.05, 0.1) is 23.0 Å². The second kappa shape index (κ2) is 11.9. The zero-order valence-corrected chi connectivity index (χ0v) is 21.0. The fourth-order valence-electron chi connectivity index (χ4n) is 3.46. The average Bonchev–Trinajstić information content (AvgIpc) is 2.80. The van der Waals surface area contributed by atoms with Crippen LogP contribution in [-0.2, 0) is 22.7 Å². The lowest BCUT2D eigenvalue weighted by Crippen LogP contribution is -2.27. The summed E-state index contributed by atoms with van der Waals surface area (Å²) in [7, 11) is 1.46. The fourth-order valence-corrected chi connectivity index (χ4v) is 3.83. The molecule has 0 aliphatic heterocycles. The molecule has 178 valence electrons. The van der Waals surface area contributed by atoms with Crippen LogP contribution < -0.4 is 10.1 Å². The summed E-state index contributed by atoms with van der Waals surface area (Å²) in [6.45, 7) is 5.89. The second-order valence-electron chi connectivity index (χ2n) is 7.45. The van der Waals surface area contributed by atoms with Crippen LogP contribution in [0, 0.1) is 6.92 Å². The molecule has 9 heteroatoms. The molecule has 0 aliphatic rings. The number of aromatic nitrogens is 2. The molecule has 0 atom stereocenters. The van der Waals surface area contributed by atoms with Crippen LogP contribution >= 0.6 is 23.2 Å². The van der Waals surface area contributed by atoms with Crippen molar-refractivity contribution >= 4 is 51.9 Å². The largest absolute Gasteiger partial charge is 0.486 e. The third-order valence-corrected chi connectivity index (χ3v) is 5.49. The first kappa shape index (κ1) is 25.6. The number of aryl methyl sites for hydroxylation is 1. The van der Waals surface area contributed by atoms with E-state index in [0.717, 1.165) is 16.6 Å². The van der Waals surface area contributed by atoms with Crippen molar-refractivity contribution in [2.75, 3.05) is 13.7 Å². The van der Waals surface area contributed by atoms with Gasteiger partial charge < -0.3 is 14.8 Å². The normalized spacial score (nSPS) is 12.2. The SMILES string of the molecule is C/C=N\C(=C(/C)Cl)c1cc(C)nc2c(OCc3c(Cl)ccnc3CNC(=O)COC)cccc12. The van der Waals surface area contributed by atoms with E-state index in [0.29, 0.717) is 38.3 Å². The first-order valence-electron chi connectivity index (χ1n) is 10.6. The standard InChI is InChI=1S/C25H26Cl2N4O3/c1-5-28-24(16(3)26)18-11-15(2)31-25-17(18)7-6-8-22(25)34-13-19-20(27)9-10-29-21(19)12-30-23(32)14-33-4/h5-11H,12-14H2,1-4H3,(H,30,32)/b24-16+,28-5-. The first-order valence-corrected chi connectivity index (χ1v) is 11.4. The minimum absolute atomic E-state index is 0.0317. The van der Waals surface area contributed by atoms with Gasteiger partial charge >= 0.3 is 0 Å². The molecular formula is C25H26Cl2N4O3. The molecule has 1 aromatic carbocycles. The number of nitrogens with one attached hydrogen (secondary N) is 1. The molecule has 0 bridgehead atoms. The summed E-state index contributed by atoms with van der Waals surface area (Å²) in [5.41, 5.74) is 4.35. The fraction of sp³-hybridized carbons (Fsp3) is 0.280. The van der Waals surface area contributed by atoms with Crippen LogP contribution in [-0.4, -0.2) is 35.8 Å². The van der Waals surface area contributed by atoms with Gasteiger partial charge in [0.2, 0.25) is 5.91 Å². The smallest absolute Gasteiger partial charge is 0.246 e. The maximum atomic E-state index is 11.8. The minimum Gasteiger partial charge on any atom is -0.486 e. The lowest BCUT2D eigenvalue weighted by molar-refractivity contribution is -0.124. The number of carbonyl (C=O) groups excluding carboxylic acids is 1. The lowest BCUT2D eigenvalue weighted by atomic mass is 10.0. The number of aliphatic imine (C=N–C) groups is 1. The van der Waals surface area contributed by atoms with Gasteiger partial charge in [-0.2, -0.15) is 0 Å². The molecule has 3 aromatic rings. The maximum Gasteiger partial charge on any atom is 0.246 e. The van der Waals surface area contributed by atoms with Crippen molar-refractivity contribution in [2.24, 2.45) is 4.99 Å². The molecule has 7 nitrogen and oxygen atoms in total. The monoisotopic (exact) mass is 500 g/mol. The predicted molar refractivity (Wildman–Crippen MR) is 136 cm³/mol. The van der Waals surface area contributed by atoms with Crippen LogP contribution in [0.5, 0.6) is 5.75 Å². The molecule has 0 radical (unpaired) electrons. The molecule has 0 saturated carbocycles. The van der Waals surface area contributed by atoms with Gasteiger partial charge in [0, 0.05) is 46.8 Å². The number of hydrogen-bond donors (Lipinski definition) is 1. The van der Waals surface area contributed by atoms with Gasteiger partial charge in [-0.15, -0.1) is 0 Å². The third kappa shape index (κ3) is 6.11. The highest BCUT2D eigenvalue weighted by molar-refractivity contribution is 6.32. The van der Waals surface area contributed by atoms with Gasteiger partial charge in [-0.25, -0.2) is 4.98 Å². The van der Waals surface area contributed by atoms with Crippen molar-refractivity contribution in [3.8, 4) is 5.75 Å². The zero-order valence-electron chi connectivity index (χ0n) is 19.5. The number of para-hydroxylation sites is 1. The van der Waals surface area contributed by atoms with Crippen LogP contribution in [0.3, 0.4) is 0 Å². The first-order chi connectivity index (χ1) is 16.3. The Labute approximate surface area is 208 Å². The summed E-state index contributed by atoms with van der Waals surface area (Å²) in [4.78, 5) is 25.3. The topological polar surface area (TPSA) is 85.7 Å². The Hall–Kier alpha value is -3.00. The Morgan fingerprint density at radius 2 is 2.09 bits per heavy atom. The Morgan fingerprint density at radius 3 is 2.79 bits per heavy atom. The number of halogens is 2. The number of rotatable bonds is 9. The van der Waals surface area contributed by atoms with Gasteiger partial charge in [-0.05, 0) is 39.0 Å². The number of ether oxygens (including phenoxy) is 2. The molecular weight excluding hydrogens is 475 g/mol. The van der Waals surface area contributed by atoms with E-state index < -0.39 is 0 Å². The van der Waals surface area contributed by atoms with E-state index in [2.05, 4.69) is 15.3 Å². The highest BCUT2D eigenvalue weighted by Gasteiger charge is 2.16. The van der Waals surface area contributed by atoms with Gasteiger partial charge in [0.15, 0.2) is 0 Å². The van der Waals surface area contributed by atoms with Crippen molar-refractivity contribution in [2.45, 2.75) is 33.9 Å². The van der Waals surface area contributed by atoms with Crippen LogP contribution in [0.15, 0.2) is 46.6 Å². The molecule has 0 saturated heterocycles. The van der Waals surface area contributed by atoms with Gasteiger partial charge in [0.25, 0.3) is 0 Å². The van der Waals surface area contributed by atoms with Crippen molar-refractivity contribution in [3.63, 3.8) is 0 Å². The lowest BCUT2D eigenvalue weighted by Gasteiger charge is -2.15. The number of pyridine rings is 2. The molecule has 3 rings (SSSR count). The highest BCUT2D eigenvalue weighted by atomic mass is 35.5. The van der Waals surface area contributed by atoms with Crippen molar-refractivity contribution in [1.82, 2.24) is 15.3 Å². The highest BCUT2D eigenvalue weighted by Crippen LogP contribution is 2.34. The maximum absolute atomic E-state index is 11.8. The Morgan fingerprint density at radius 1 is 1.29 bits per heavy atom. The number of allylic oxidation sites excluding steroid dienone is 1. The van der Waals surface area contributed by atoms with E-state index in [1.165, 1.54) is 7.11 Å². The minimum atomic E-state index is -0.245. The molecule has 1 N–H and O–H groups in total. The summed E-state index contributed by atoms with van der Waals surface area (Å²) in [5, 5.41) is 4.71. The van der Waals surface area contributed by atoms with Crippen LogP contribution in [0.4, 0.5) is 0 Å². The molecule has 0 unspecified atom stereocenters. The van der Waals surface area contributed by atoms with Crippen LogP contribution in [0.25, 0.3) is 16.6 Å². The third-order valence-electron chi connectivity index (χ3n) is 4.96. The number of hydrogen-bond acceptors (Lipinski definition) is 6. The zero-order chi connectivity index (χ0) is 24.7. The van der Waals surface area contributed by atoms with Gasteiger partial charge in [-0.3, -0.25) is 14.8 Å². The number of methoxy groups -OCH3 is 1. The number of fused-ring (bicyclic) bond motifs is 1. The second-order valence-corrected chi connectivity index (χ2v) is 8.42. The number of carbonyl (C=O) groups is 1. The van der Waals surface area contributed by atoms with Crippen molar-refractivity contribution < 1.29 is 14.3 Å². The van der Waals surface area contributed by atoms with E-state index >= 15 is 0 Å². The van der Waals surface area contributed by atoms with E-state index in [1.807, 2.05) is 45.0 Å². The summed E-state index contributed by atoms with van der Waals surface area (Å²) in [6, 6.07) is 9.35. The van der Waals surface area contributed by atoms with Crippen molar-refractivity contribution in [1.29, 1.82) is 0 Å². The van der Waals surface area contributed by atoms with E-state index in [-0.39, 0.29) is 25.7 Å². The molecule has 0 spiro atoms. The van der Waals surface area contributed by atoms with E-state index in [4.69, 9.17) is 37.7 Å². The summed E-state index contributed by atoms with van der Waals surface area (Å²) in [6.07, 6.45) is 3.30. The Balaban J connectivity index is 1.96. The summed E-state index contributed by atoms with van der Waals surface area (Å²) in [5.74, 6) is 0.342. The average molecular weight is 501 g/mol. The van der Waals surface area contributed by atoms with Gasteiger partial charge in [-0.1, -0.05) is 35.3 Å². The molecule has 0 fully saturated rings. The molecule has 34 heavy (non-hydrogen) atoms. The Kier molecular flexibility index (Phi) is 8.98. The van der Waals surface area contributed by atoms with Gasteiger partial charge in [0.1, 0.15) is 24.5 Å². The molecule has 2 heterocycles. The quantitative estimate of drug-likeness (QED) is 0.394. The molecule has 2 aromatic heterocycles. The Bertz CT molecular complexity index is 1250. The van der Waals surface area contributed by atoms with E-state index in [1.54, 1.807) is 18.5 Å². The van der Waals surface area contributed by atoms with E-state index in [9.17, 15) is 4.79 Å². The molecule has 0 aliphatic carbocycles. The predicted octanol–water partition coefficient (Wildman–Crippen LogP) is 5.45. The number of amides is 1. The summed E-state index contributed by atoms with van der Waals surface area (Å²) >= 11 is 12.8. The number of nitrogens with zero attached hydrogens (tertiary/aromatic N) is 3. The van der Waals surface area contributed by atoms with Crippen LogP contribution in [0.1, 0.15) is 36.4 Å². The number of benzene rings is 1. The van der Waals surface area contributed by atoms with Crippen molar-refractivity contribution in [3.05, 3.63) is 69.1 Å². The van der Waals surface area contributed by atoms with Crippen LogP contribution in [0.2, 0.25) is 5.02 Å². The molecule has 1 amide bonds. The summed E-state index contributed by atoms with van der Waals surface area (Å²) < 4.78 is 11.0.